The first kappa shape index (κ1) is 18.1. The first-order chi connectivity index (χ1) is 13.6. The van der Waals surface area contributed by atoms with Crippen LogP contribution in [0, 0.1) is 0 Å². The average Bonchev–Trinajstić information content (AvgIpc) is 3.46. The number of aromatic amines is 2. The van der Waals surface area contributed by atoms with Crippen molar-refractivity contribution in [2.45, 2.75) is 19.4 Å². The maximum Gasteiger partial charge on any atom is 0.167 e. The Morgan fingerprint density at radius 1 is 1.32 bits per heavy atom. The van der Waals surface area contributed by atoms with Crippen LogP contribution in [0.3, 0.4) is 0 Å². The highest BCUT2D eigenvalue weighted by atomic mass is 32.1. The van der Waals surface area contributed by atoms with Gasteiger partial charge in [-0.1, -0.05) is 6.92 Å². The van der Waals surface area contributed by atoms with Crippen LogP contribution in [0.2, 0.25) is 0 Å². The molecule has 0 saturated heterocycles. The maximum atomic E-state index is 11.7. The highest BCUT2D eigenvalue weighted by molar-refractivity contribution is 7.19. The maximum absolute atomic E-state index is 11.7. The summed E-state index contributed by atoms with van der Waals surface area (Å²) in [5.74, 6) is 0.0652. The number of aldehydes is 1. The topological polar surface area (TPSA) is 108 Å². The van der Waals surface area contributed by atoms with Gasteiger partial charge in [-0.05, 0) is 12.1 Å². The molecule has 1 unspecified atom stereocenters. The standard InChI is InChI=1S/C18H20N8OS/c1-11(14-5-7-20-24-14)18-22-17-16(28-18)13(15(10-27)26(17)3)8-21-25(2)9-12-4-6-19-23-12/h4-8,10-11H,9H2,1-3H3,(H,19,23)(H,20,24)/b21-8-. The van der Waals surface area contributed by atoms with E-state index in [2.05, 4.69) is 32.4 Å². The largest absolute Gasteiger partial charge is 0.325 e. The zero-order valence-corrected chi connectivity index (χ0v) is 16.6. The molecule has 4 rings (SSSR count). The summed E-state index contributed by atoms with van der Waals surface area (Å²) >= 11 is 1.57. The van der Waals surface area contributed by atoms with Gasteiger partial charge >= 0.3 is 0 Å². The van der Waals surface area contributed by atoms with Crippen LogP contribution in [0.25, 0.3) is 10.3 Å². The lowest BCUT2D eigenvalue weighted by atomic mass is 10.1. The number of hydrazone groups is 1. The van der Waals surface area contributed by atoms with E-state index in [0.717, 1.165) is 38.6 Å². The van der Waals surface area contributed by atoms with Gasteiger partial charge in [0.1, 0.15) is 5.01 Å². The van der Waals surface area contributed by atoms with Crippen molar-refractivity contribution in [3.05, 3.63) is 52.2 Å². The molecule has 2 N–H and O–H groups in total. The number of H-pyrrole nitrogens is 2. The second-order valence-corrected chi connectivity index (χ2v) is 7.56. The van der Waals surface area contributed by atoms with Crippen LogP contribution in [0.5, 0.6) is 0 Å². The minimum absolute atomic E-state index is 0.0652. The van der Waals surface area contributed by atoms with Crippen LogP contribution < -0.4 is 0 Å². The number of thiazole rings is 1. The van der Waals surface area contributed by atoms with Crippen LogP contribution in [-0.4, -0.2) is 54.5 Å². The molecule has 28 heavy (non-hydrogen) atoms. The number of carbonyl (C=O) groups is 1. The minimum atomic E-state index is 0.0652. The molecule has 0 radical (unpaired) electrons. The smallest absolute Gasteiger partial charge is 0.167 e. The van der Waals surface area contributed by atoms with Gasteiger partial charge in [0.25, 0.3) is 0 Å². The Labute approximate surface area is 165 Å². The van der Waals surface area contributed by atoms with Crippen LogP contribution in [0.15, 0.2) is 29.6 Å². The zero-order valence-electron chi connectivity index (χ0n) is 15.7. The number of nitrogens with one attached hydrogen (secondary N) is 2. The van der Waals surface area contributed by atoms with E-state index in [9.17, 15) is 4.79 Å². The fraction of sp³-hybridized carbons (Fsp3) is 0.278. The fourth-order valence-corrected chi connectivity index (χ4v) is 4.22. The first-order valence-electron chi connectivity index (χ1n) is 8.76. The molecule has 144 valence electrons. The number of rotatable bonds is 7. The van der Waals surface area contributed by atoms with Crippen LogP contribution in [0.4, 0.5) is 0 Å². The summed E-state index contributed by atoms with van der Waals surface area (Å²) in [7, 11) is 3.71. The van der Waals surface area contributed by atoms with E-state index in [1.165, 1.54) is 0 Å². The van der Waals surface area contributed by atoms with E-state index in [1.807, 2.05) is 30.8 Å². The molecule has 10 heteroatoms. The summed E-state index contributed by atoms with van der Waals surface area (Å²) in [6, 6.07) is 3.84. The lowest BCUT2D eigenvalue weighted by Gasteiger charge is -2.10. The molecule has 4 aromatic heterocycles. The van der Waals surface area contributed by atoms with E-state index in [0.29, 0.717) is 12.2 Å². The van der Waals surface area contributed by atoms with Crippen molar-refractivity contribution in [3.8, 4) is 0 Å². The predicted molar refractivity (Wildman–Crippen MR) is 108 cm³/mol. The van der Waals surface area contributed by atoms with Crippen LogP contribution in [-0.2, 0) is 13.6 Å². The normalized spacial score (nSPS) is 12.8. The fourth-order valence-electron chi connectivity index (χ4n) is 3.04. The summed E-state index contributed by atoms with van der Waals surface area (Å²) < 4.78 is 2.76. The van der Waals surface area contributed by atoms with Gasteiger partial charge in [0.2, 0.25) is 0 Å². The summed E-state index contributed by atoms with van der Waals surface area (Å²) in [5, 5.41) is 21.2. The number of nitrogens with zero attached hydrogens (tertiary/aromatic N) is 6. The molecule has 0 saturated carbocycles. The summed E-state index contributed by atoms with van der Waals surface area (Å²) in [6.45, 7) is 2.64. The molecule has 0 aliphatic heterocycles. The van der Waals surface area contributed by atoms with Gasteiger partial charge in [0.15, 0.2) is 11.9 Å². The summed E-state index contributed by atoms with van der Waals surface area (Å²) in [5.41, 5.74) is 3.94. The second kappa shape index (κ2) is 7.39. The van der Waals surface area contributed by atoms with E-state index < -0.39 is 0 Å². The molecule has 9 nitrogen and oxygen atoms in total. The average molecular weight is 396 g/mol. The van der Waals surface area contributed by atoms with Gasteiger partial charge in [-0.15, -0.1) is 11.3 Å². The van der Waals surface area contributed by atoms with E-state index in [4.69, 9.17) is 4.98 Å². The zero-order chi connectivity index (χ0) is 19.7. The number of carbonyl (C=O) groups excluding carboxylic acids is 1. The number of aryl methyl sites for hydroxylation is 1. The van der Waals surface area contributed by atoms with Gasteiger partial charge in [-0.2, -0.15) is 15.3 Å². The van der Waals surface area contributed by atoms with Crippen molar-refractivity contribution in [1.82, 2.24) is 35.0 Å². The summed E-state index contributed by atoms with van der Waals surface area (Å²) in [4.78, 5) is 16.4. The van der Waals surface area contributed by atoms with E-state index >= 15 is 0 Å². The number of hydrogen-bond donors (Lipinski definition) is 2. The van der Waals surface area contributed by atoms with Crippen molar-refractivity contribution < 1.29 is 4.79 Å². The molecule has 0 aliphatic rings. The molecule has 0 amide bonds. The third-order valence-corrected chi connectivity index (χ3v) is 5.87. The SMILES string of the molecule is CC(c1cc[nH]n1)c1nc2c(s1)c(/C=N\N(C)Cc1cc[nH]n1)c(C=O)n2C. The van der Waals surface area contributed by atoms with Crippen molar-refractivity contribution in [2.75, 3.05) is 7.05 Å². The van der Waals surface area contributed by atoms with Gasteiger partial charge in [-0.3, -0.25) is 20.0 Å². The molecule has 0 aromatic carbocycles. The molecule has 1 atom stereocenters. The predicted octanol–water partition coefficient (Wildman–Crippen LogP) is 2.51. The lowest BCUT2D eigenvalue weighted by Crippen LogP contribution is -2.11. The Hall–Kier alpha value is -3.27. The monoisotopic (exact) mass is 396 g/mol. The molecule has 4 heterocycles. The Morgan fingerprint density at radius 3 is 2.79 bits per heavy atom. The van der Waals surface area contributed by atoms with Gasteiger partial charge in [-0.25, -0.2) is 4.98 Å². The highest BCUT2D eigenvalue weighted by Crippen LogP contribution is 2.34. The third kappa shape index (κ3) is 3.22. The molecular weight excluding hydrogens is 376 g/mol. The molecule has 0 fully saturated rings. The van der Waals surface area contributed by atoms with Crippen LogP contribution in [0.1, 0.15) is 45.3 Å². The third-order valence-electron chi connectivity index (χ3n) is 4.61. The van der Waals surface area contributed by atoms with Crippen molar-refractivity contribution in [2.24, 2.45) is 12.1 Å². The van der Waals surface area contributed by atoms with Crippen molar-refractivity contribution in [1.29, 1.82) is 0 Å². The van der Waals surface area contributed by atoms with Crippen molar-refractivity contribution >= 4 is 34.2 Å². The Bertz CT molecular complexity index is 1110. The van der Waals surface area contributed by atoms with Crippen molar-refractivity contribution in [3.63, 3.8) is 0 Å². The molecule has 0 bridgehead atoms. The number of fused-ring (bicyclic) bond motifs is 1. The molecular formula is C18H20N8OS. The molecule has 0 aliphatic carbocycles. The second-order valence-electron chi connectivity index (χ2n) is 6.53. The minimum Gasteiger partial charge on any atom is -0.325 e. The van der Waals surface area contributed by atoms with E-state index in [1.54, 1.807) is 35.0 Å². The number of aromatic nitrogens is 6. The quantitative estimate of drug-likeness (QED) is 0.283. The Kier molecular flexibility index (Phi) is 4.78. The molecule has 4 aromatic rings. The number of hydrogen-bond acceptors (Lipinski definition) is 7. The Morgan fingerprint density at radius 2 is 2.11 bits per heavy atom. The Balaban J connectivity index is 1.68. The van der Waals surface area contributed by atoms with Gasteiger partial charge < -0.3 is 4.57 Å². The first-order valence-corrected chi connectivity index (χ1v) is 9.58. The summed E-state index contributed by atoms with van der Waals surface area (Å²) in [6.07, 6.45) is 6.15. The lowest BCUT2D eigenvalue weighted by molar-refractivity contribution is 0.111. The van der Waals surface area contributed by atoms with Gasteiger partial charge in [0, 0.05) is 32.1 Å². The van der Waals surface area contributed by atoms with E-state index in [-0.39, 0.29) is 5.92 Å². The van der Waals surface area contributed by atoms with Crippen LogP contribution >= 0.6 is 11.3 Å². The highest BCUT2D eigenvalue weighted by Gasteiger charge is 2.22. The van der Waals surface area contributed by atoms with Gasteiger partial charge in [0.05, 0.1) is 40.5 Å². The molecule has 0 spiro atoms.